The molecule has 2 unspecified atom stereocenters. The first-order valence-electron chi connectivity index (χ1n) is 6.31. The SMILES string of the molecule is CC1CCCN(c2ncc([N+](=O)[O-])cc2Br)C1CN. The zero-order valence-corrected chi connectivity index (χ0v) is 12.3. The summed E-state index contributed by atoms with van der Waals surface area (Å²) in [4.78, 5) is 16.7. The van der Waals surface area contributed by atoms with Crippen molar-refractivity contribution in [1.82, 2.24) is 4.98 Å². The highest BCUT2D eigenvalue weighted by molar-refractivity contribution is 9.10. The number of anilines is 1. The Balaban J connectivity index is 2.32. The van der Waals surface area contributed by atoms with Crippen LogP contribution in [0.2, 0.25) is 0 Å². The van der Waals surface area contributed by atoms with Gasteiger partial charge in [0.25, 0.3) is 5.69 Å². The zero-order chi connectivity index (χ0) is 14.0. The number of pyridine rings is 1. The second kappa shape index (κ2) is 5.83. The quantitative estimate of drug-likeness (QED) is 0.679. The molecule has 104 valence electrons. The van der Waals surface area contributed by atoms with Gasteiger partial charge in [-0.25, -0.2) is 4.98 Å². The fourth-order valence-electron chi connectivity index (χ4n) is 2.60. The molecule has 0 bridgehead atoms. The van der Waals surface area contributed by atoms with Crippen molar-refractivity contribution >= 4 is 27.4 Å². The Kier molecular flexibility index (Phi) is 4.36. The van der Waals surface area contributed by atoms with E-state index >= 15 is 0 Å². The molecule has 0 amide bonds. The van der Waals surface area contributed by atoms with Crippen molar-refractivity contribution in [2.45, 2.75) is 25.8 Å². The Labute approximate surface area is 120 Å². The van der Waals surface area contributed by atoms with E-state index in [1.165, 1.54) is 12.3 Å². The molecule has 1 aliphatic heterocycles. The molecule has 1 aliphatic rings. The standard InChI is InChI=1S/C12H17BrN4O2/c1-8-3-2-4-16(11(8)6-14)12-10(13)5-9(7-15-12)17(18)19/h5,7-8,11H,2-4,6,14H2,1H3. The number of halogens is 1. The van der Waals surface area contributed by atoms with Crippen molar-refractivity contribution < 1.29 is 4.92 Å². The molecule has 7 heteroatoms. The second-order valence-corrected chi connectivity index (χ2v) is 5.73. The molecule has 1 aromatic heterocycles. The van der Waals surface area contributed by atoms with Gasteiger partial charge >= 0.3 is 0 Å². The van der Waals surface area contributed by atoms with Crippen LogP contribution in [0.1, 0.15) is 19.8 Å². The van der Waals surface area contributed by atoms with E-state index < -0.39 is 4.92 Å². The fraction of sp³-hybridized carbons (Fsp3) is 0.583. The first-order valence-corrected chi connectivity index (χ1v) is 7.10. The Bertz CT molecular complexity index is 483. The highest BCUT2D eigenvalue weighted by Gasteiger charge is 2.29. The summed E-state index contributed by atoms with van der Waals surface area (Å²) in [6.45, 7) is 3.63. The maximum Gasteiger partial charge on any atom is 0.288 e. The van der Waals surface area contributed by atoms with E-state index in [2.05, 4.69) is 32.7 Å². The number of nitrogens with zero attached hydrogens (tertiary/aromatic N) is 3. The molecule has 1 fully saturated rings. The van der Waals surface area contributed by atoms with Gasteiger partial charge in [-0.15, -0.1) is 0 Å². The summed E-state index contributed by atoms with van der Waals surface area (Å²) in [5.41, 5.74) is 5.85. The lowest BCUT2D eigenvalue weighted by molar-refractivity contribution is -0.385. The Hall–Kier alpha value is -1.21. The molecule has 0 aliphatic carbocycles. The normalized spacial score (nSPS) is 23.4. The van der Waals surface area contributed by atoms with Crippen LogP contribution in [-0.2, 0) is 0 Å². The molecule has 0 aromatic carbocycles. The summed E-state index contributed by atoms with van der Waals surface area (Å²) < 4.78 is 0.647. The van der Waals surface area contributed by atoms with Crippen LogP contribution in [0.15, 0.2) is 16.7 Å². The van der Waals surface area contributed by atoms with Crippen molar-refractivity contribution in [3.63, 3.8) is 0 Å². The number of hydrogen-bond acceptors (Lipinski definition) is 5. The van der Waals surface area contributed by atoms with Gasteiger partial charge in [-0.2, -0.15) is 0 Å². The van der Waals surface area contributed by atoms with Crippen molar-refractivity contribution in [2.75, 3.05) is 18.0 Å². The first kappa shape index (κ1) is 14.2. The maximum absolute atomic E-state index is 10.7. The third-order valence-electron chi connectivity index (χ3n) is 3.65. The second-order valence-electron chi connectivity index (χ2n) is 4.87. The van der Waals surface area contributed by atoms with Gasteiger partial charge in [0.2, 0.25) is 0 Å². The lowest BCUT2D eigenvalue weighted by Crippen LogP contribution is -2.49. The minimum atomic E-state index is -0.444. The van der Waals surface area contributed by atoms with E-state index in [1.807, 2.05) is 0 Å². The number of hydrogen-bond donors (Lipinski definition) is 1. The van der Waals surface area contributed by atoms with E-state index in [1.54, 1.807) is 0 Å². The van der Waals surface area contributed by atoms with Crippen molar-refractivity contribution in [3.8, 4) is 0 Å². The van der Waals surface area contributed by atoms with E-state index in [0.717, 1.165) is 25.2 Å². The summed E-state index contributed by atoms with van der Waals surface area (Å²) >= 11 is 3.38. The van der Waals surface area contributed by atoms with E-state index in [4.69, 9.17) is 5.73 Å². The molecule has 1 aromatic rings. The molecule has 1 saturated heterocycles. The molecule has 2 N–H and O–H groups in total. The number of aromatic nitrogens is 1. The summed E-state index contributed by atoms with van der Waals surface area (Å²) in [6.07, 6.45) is 3.54. The number of nitro groups is 1. The van der Waals surface area contributed by atoms with Gasteiger partial charge in [0.05, 0.1) is 9.40 Å². The molecule has 0 saturated carbocycles. The topological polar surface area (TPSA) is 85.3 Å². The zero-order valence-electron chi connectivity index (χ0n) is 10.8. The summed E-state index contributed by atoms with van der Waals surface area (Å²) in [5.74, 6) is 1.25. The van der Waals surface area contributed by atoms with Gasteiger partial charge < -0.3 is 10.6 Å². The van der Waals surface area contributed by atoms with Crippen LogP contribution in [0.4, 0.5) is 11.5 Å². The van der Waals surface area contributed by atoms with E-state index in [9.17, 15) is 10.1 Å². The number of piperidine rings is 1. The molecule has 19 heavy (non-hydrogen) atoms. The highest BCUT2D eigenvalue weighted by atomic mass is 79.9. The number of rotatable bonds is 3. The third-order valence-corrected chi connectivity index (χ3v) is 4.23. The predicted molar refractivity (Wildman–Crippen MR) is 77.2 cm³/mol. The van der Waals surface area contributed by atoms with Crippen molar-refractivity contribution in [2.24, 2.45) is 11.7 Å². The van der Waals surface area contributed by atoms with Crippen LogP contribution in [-0.4, -0.2) is 29.0 Å². The highest BCUT2D eigenvalue weighted by Crippen LogP contribution is 2.33. The van der Waals surface area contributed by atoms with Crippen LogP contribution < -0.4 is 10.6 Å². The van der Waals surface area contributed by atoms with Gasteiger partial charge in [0.15, 0.2) is 0 Å². The summed E-state index contributed by atoms with van der Waals surface area (Å²) in [5, 5.41) is 10.7. The fourth-order valence-corrected chi connectivity index (χ4v) is 3.17. The van der Waals surface area contributed by atoms with Crippen LogP contribution in [0, 0.1) is 16.0 Å². The Morgan fingerprint density at radius 3 is 3.00 bits per heavy atom. The monoisotopic (exact) mass is 328 g/mol. The number of nitrogens with two attached hydrogens (primary N) is 1. The lowest BCUT2D eigenvalue weighted by Gasteiger charge is -2.40. The van der Waals surface area contributed by atoms with Crippen LogP contribution in [0.3, 0.4) is 0 Å². The minimum absolute atomic E-state index is 0.00928. The van der Waals surface area contributed by atoms with Crippen molar-refractivity contribution in [3.05, 3.63) is 26.9 Å². The maximum atomic E-state index is 10.7. The van der Waals surface area contributed by atoms with Crippen LogP contribution >= 0.6 is 15.9 Å². The average molecular weight is 329 g/mol. The Morgan fingerprint density at radius 2 is 2.42 bits per heavy atom. The van der Waals surface area contributed by atoms with Crippen LogP contribution in [0.25, 0.3) is 0 Å². The van der Waals surface area contributed by atoms with Gasteiger partial charge in [-0.1, -0.05) is 6.92 Å². The largest absolute Gasteiger partial charge is 0.351 e. The molecular formula is C12H17BrN4O2. The average Bonchev–Trinajstić information content (AvgIpc) is 2.38. The van der Waals surface area contributed by atoms with Gasteiger partial charge in [0, 0.05) is 25.2 Å². The van der Waals surface area contributed by atoms with Gasteiger partial charge in [-0.3, -0.25) is 10.1 Å². The molecule has 6 nitrogen and oxygen atoms in total. The predicted octanol–water partition coefficient (Wildman–Crippen LogP) is 2.32. The molecular weight excluding hydrogens is 312 g/mol. The lowest BCUT2D eigenvalue weighted by atomic mass is 9.91. The van der Waals surface area contributed by atoms with Gasteiger partial charge in [-0.05, 0) is 34.7 Å². The van der Waals surface area contributed by atoms with E-state index in [0.29, 0.717) is 16.9 Å². The molecule has 2 atom stereocenters. The minimum Gasteiger partial charge on any atom is -0.351 e. The molecule has 0 radical (unpaired) electrons. The first-order chi connectivity index (χ1) is 9.04. The summed E-state index contributed by atoms with van der Waals surface area (Å²) in [7, 11) is 0. The third kappa shape index (κ3) is 2.87. The molecule has 2 rings (SSSR count). The molecule has 2 heterocycles. The molecule has 0 spiro atoms. The van der Waals surface area contributed by atoms with Crippen LogP contribution in [0.5, 0.6) is 0 Å². The summed E-state index contributed by atoms with van der Waals surface area (Å²) in [6, 6.07) is 1.73. The smallest absolute Gasteiger partial charge is 0.288 e. The van der Waals surface area contributed by atoms with E-state index in [-0.39, 0.29) is 11.7 Å². The van der Waals surface area contributed by atoms with Crippen molar-refractivity contribution in [1.29, 1.82) is 0 Å². The Morgan fingerprint density at radius 1 is 1.68 bits per heavy atom. The van der Waals surface area contributed by atoms with Gasteiger partial charge in [0.1, 0.15) is 12.0 Å².